The molecule has 0 aliphatic heterocycles. The van der Waals surface area contributed by atoms with Gasteiger partial charge in [0.25, 0.3) is 5.91 Å². The van der Waals surface area contributed by atoms with E-state index in [-0.39, 0.29) is 17.7 Å². The zero-order valence-corrected chi connectivity index (χ0v) is 18.9. The van der Waals surface area contributed by atoms with Crippen molar-refractivity contribution in [1.29, 1.82) is 0 Å². The number of anilines is 2. The topological polar surface area (TPSA) is 76.0 Å². The number of nitrogens with one attached hydrogen (secondary N) is 2. The van der Waals surface area contributed by atoms with Gasteiger partial charge in [0.15, 0.2) is 0 Å². The summed E-state index contributed by atoms with van der Waals surface area (Å²) in [4.78, 5) is 26.3. The molecular weight excluding hydrogens is 388 g/mol. The number of nitrogens with zero attached hydrogens (tertiary/aromatic N) is 2. The highest BCUT2D eigenvalue weighted by molar-refractivity contribution is 6.11. The van der Waals surface area contributed by atoms with Crippen LogP contribution in [0.3, 0.4) is 0 Å². The second-order valence-corrected chi connectivity index (χ2v) is 9.19. The first kappa shape index (κ1) is 21.3. The fourth-order valence-electron chi connectivity index (χ4n) is 5.00. The van der Waals surface area contributed by atoms with Gasteiger partial charge in [-0.1, -0.05) is 44.6 Å². The standard InChI is InChI=1S/C25H32N4O2/c1-5-6-13-29-17(3)22(16(2)28-29)27-23(30)20-9-7-8-10-21(20)26-24(31)25(4)15-18-11-12-19(25)14-18/h7-12,18-19H,5-6,13-15H2,1-4H3,(H,26,31)(H,27,30). The molecule has 2 aromatic rings. The molecule has 1 aromatic heterocycles. The fourth-order valence-corrected chi connectivity index (χ4v) is 5.00. The van der Waals surface area contributed by atoms with Crippen molar-refractivity contribution in [2.45, 2.75) is 59.9 Å². The number of aromatic nitrogens is 2. The molecule has 3 unspecified atom stereocenters. The molecule has 1 saturated carbocycles. The van der Waals surface area contributed by atoms with E-state index in [0.717, 1.165) is 49.3 Å². The molecule has 0 saturated heterocycles. The Morgan fingerprint density at radius 2 is 1.97 bits per heavy atom. The minimum absolute atomic E-state index is 0.00986. The quantitative estimate of drug-likeness (QED) is 0.612. The number of amides is 2. The van der Waals surface area contributed by atoms with E-state index in [0.29, 0.717) is 17.2 Å². The number of hydrogen-bond donors (Lipinski definition) is 2. The fraction of sp³-hybridized carbons (Fsp3) is 0.480. The lowest BCUT2D eigenvalue weighted by atomic mass is 9.76. The van der Waals surface area contributed by atoms with E-state index in [9.17, 15) is 9.59 Å². The van der Waals surface area contributed by atoms with Gasteiger partial charge in [-0.15, -0.1) is 0 Å². The molecule has 0 radical (unpaired) electrons. The number of carbonyl (C=O) groups excluding carboxylic acids is 2. The van der Waals surface area contributed by atoms with Crippen LogP contribution in [-0.4, -0.2) is 21.6 Å². The van der Waals surface area contributed by atoms with Crippen LogP contribution in [-0.2, 0) is 11.3 Å². The maximum Gasteiger partial charge on any atom is 0.257 e. The Morgan fingerprint density at radius 3 is 2.65 bits per heavy atom. The third-order valence-corrected chi connectivity index (χ3v) is 6.96. The van der Waals surface area contributed by atoms with Gasteiger partial charge in [0, 0.05) is 6.54 Å². The van der Waals surface area contributed by atoms with Crippen LogP contribution in [0.1, 0.15) is 61.3 Å². The lowest BCUT2D eigenvalue weighted by molar-refractivity contribution is -0.126. The summed E-state index contributed by atoms with van der Waals surface area (Å²) in [7, 11) is 0. The van der Waals surface area contributed by atoms with Crippen LogP contribution in [0.4, 0.5) is 11.4 Å². The van der Waals surface area contributed by atoms with Gasteiger partial charge >= 0.3 is 0 Å². The number of allylic oxidation sites excluding steroid dienone is 2. The van der Waals surface area contributed by atoms with E-state index in [4.69, 9.17) is 0 Å². The molecule has 2 aliphatic rings. The highest BCUT2D eigenvalue weighted by Crippen LogP contribution is 2.52. The molecule has 2 amide bonds. The monoisotopic (exact) mass is 420 g/mol. The zero-order valence-electron chi connectivity index (χ0n) is 18.9. The van der Waals surface area contributed by atoms with E-state index in [1.54, 1.807) is 12.1 Å². The summed E-state index contributed by atoms with van der Waals surface area (Å²) in [6, 6.07) is 7.20. The number of rotatable bonds is 7. The number of carbonyl (C=O) groups is 2. The van der Waals surface area contributed by atoms with Crippen LogP contribution in [0.25, 0.3) is 0 Å². The molecule has 1 heterocycles. The Kier molecular flexibility index (Phi) is 5.73. The minimum atomic E-state index is -0.420. The van der Waals surface area contributed by atoms with Gasteiger partial charge < -0.3 is 10.6 Å². The largest absolute Gasteiger partial charge is 0.325 e. The molecule has 2 aliphatic carbocycles. The molecular formula is C25H32N4O2. The van der Waals surface area contributed by atoms with Gasteiger partial charge in [-0.05, 0) is 57.1 Å². The smallest absolute Gasteiger partial charge is 0.257 e. The average molecular weight is 421 g/mol. The summed E-state index contributed by atoms with van der Waals surface area (Å²) < 4.78 is 1.95. The van der Waals surface area contributed by atoms with Crippen LogP contribution in [0.15, 0.2) is 36.4 Å². The van der Waals surface area contributed by atoms with E-state index in [1.807, 2.05) is 37.6 Å². The van der Waals surface area contributed by atoms with Crippen molar-refractivity contribution in [1.82, 2.24) is 9.78 Å². The number of hydrogen-bond acceptors (Lipinski definition) is 3. The third-order valence-electron chi connectivity index (χ3n) is 6.96. The van der Waals surface area contributed by atoms with Crippen molar-refractivity contribution < 1.29 is 9.59 Å². The summed E-state index contributed by atoms with van der Waals surface area (Å²) >= 11 is 0. The molecule has 2 N–H and O–H groups in total. The normalized spacial score (nSPS) is 23.9. The number of para-hydroxylation sites is 1. The number of unbranched alkanes of at least 4 members (excludes halogenated alkanes) is 1. The van der Waals surface area contributed by atoms with Crippen LogP contribution in [0, 0.1) is 31.1 Å². The molecule has 1 aromatic carbocycles. The first-order chi connectivity index (χ1) is 14.8. The van der Waals surface area contributed by atoms with Crippen LogP contribution in [0.5, 0.6) is 0 Å². The maximum absolute atomic E-state index is 13.2. The van der Waals surface area contributed by atoms with E-state index in [2.05, 4.69) is 34.8 Å². The molecule has 6 nitrogen and oxygen atoms in total. The Labute approximate surface area is 184 Å². The second kappa shape index (κ2) is 8.33. The van der Waals surface area contributed by atoms with E-state index >= 15 is 0 Å². The van der Waals surface area contributed by atoms with Gasteiger partial charge in [0.2, 0.25) is 5.91 Å². The summed E-state index contributed by atoms with van der Waals surface area (Å²) in [5.41, 5.74) is 3.07. The van der Waals surface area contributed by atoms with Crippen molar-refractivity contribution in [3.05, 3.63) is 53.4 Å². The first-order valence-electron chi connectivity index (χ1n) is 11.3. The van der Waals surface area contributed by atoms with Crippen molar-refractivity contribution >= 4 is 23.2 Å². The molecule has 1 fully saturated rings. The van der Waals surface area contributed by atoms with Crippen molar-refractivity contribution in [2.75, 3.05) is 10.6 Å². The van der Waals surface area contributed by atoms with Crippen molar-refractivity contribution in [3.8, 4) is 0 Å². The van der Waals surface area contributed by atoms with E-state index in [1.165, 1.54) is 0 Å². The molecule has 4 rings (SSSR count). The average Bonchev–Trinajstić information content (AvgIpc) is 3.42. The Hall–Kier alpha value is -2.89. The second-order valence-electron chi connectivity index (χ2n) is 9.19. The maximum atomic E-state index is 13.2. The molecule has 3 atom stereocenters. The van der Waals surface area contributed by atoms with E-state index < -0.39 is 5.41 Å². The number of fused-ring (bicyclic) bond motifs is 2. The highest BCUT2D eigenvalue weighted by atomic mass is 16.2. The highest BCUT2D eigenvalue weighted by Gasteiger charge is 2.50. The Bertz CT molecular complexity index is 1040. The van der Waals surface area contributed by atoms with Crippen LogP contribution in [0.2, 0.25) is 0 Å². The SMILES string of the molecule is CCCCn1nc(C)c(NC(=O)c2ccccc2NC(=O)C2(C)CC3C=CC2C3)c1C. The van der Waals surface area contributed by atoms with Gasteiger partial charge in [-0.3, -0.25) is 14.3 Å². The molecule has 6 heteroatoms. The minimum Gasteiger partial charge on any atom is -0.325 e. The summed E-state index contributed by atoms with van der Waals surface area (Å²) in [6.07, 6.45) is 8.44. The summed E-state index contributed by atoms with van der Waals surface area (Å²) in [5.74, 6) is 0.520. The molecule has 164 valence electrons. The van der Waals surface area contributed by atoms with Gasteiger partial charge in [-0.25, -0.2) is 0 Å². The molecule has 0 spiro atoms. The van der Waals surface area contributed by atoms with Gasteiger partial charge in [0.05, 0.1) is 33.7 Å². The zero-order chi connectivity index (χ0) is 22.2. The lowest BCUT2D eigenvalue weighted by Gasteiger charge is -2.30. The number of benzene rings is 1. The molecule has 2 bridgehead atoms. The summed E-state index contributed by atoms with van der Waals surface area (Å²) in [6.45, 7) is 8.90. The van der Waals surface area contributed by atoms with Gasteiger partial charge in [-0.2, -0.15) is 5.10 Å². The van der Waals surface area contributed by atoms with Crippen LogP contribution >= 0.6 is 0 Å². The first-order valence-corrected chi connectivity index (χ1v) is 11.3. The van der Waals surface area contributed by atoms with Crippen molar-refractivity contribution in [2.24, 2.45) is 17.3 Å². The predicted molar refractivity (Wildman–Crippen MR) is 123 cm³/mol. The summed E-state index contributed by atoms with van der Waals surface area (Å²) in [5, 5.41) is 10.7. The van der Waals surface area contributed by atoms with Crippen molar-refractivity contribution in [3.63, 3.8) is 0 Å². The number of aryl methyl sites for hydroxylation is 2. The Morgan fingerprint density at radius 1 is 1.19 bits per heavy atom. The van der Waals surface area contributed by atoms with Gasteiger partial charge in [0.1, 0.15) is 0 Å². The third kappa shape index (κ3) is 3.91. The molecule has 31 heavy (non-hydrogen) atoms. The lowest BCUT2D eigenvalue weighted by Crippen LogP contribution is -2.37. The van der Waals surface area contributed by atoms with Crippen LogP contribution < -0.4 is 10.6 Å². The Balaban J connectivity index is 1.52. The predicted octanol–water partition coefficient (Wildman–Crippen LogP) is 5.09.